The average molecular weight is 494 g/mol. The lowest BCUT2D eigenvalue weighted by atomic mass is 9.75. The molecule has 0 atom stereocenters. The molecular formula is C26H31N5O3S. The Hall–Kier alpha value is -3.46. The van der Waals surface area contributed by atoms with E-state index in [1.54, 1.807) is 7.11 Å². The SMILES string of the molecule is COc1cc2c(Oc3ccc(C(C)(C)C)c(C(C)(C)C)c3)c(C(=O)Nc3nn[nH]n3)sc2cc1C. The second kappa shape index (κ2) is 8.96. The Kier molecular flexibility index (Phi) is 6.31. The Morgan fingerprint density at radius 1 is 1.03 bits per heavy atom. The molecule has 0 spiro atoms. The molecule has 1 amide bonds. The lowest BCUT2D eigenvalue weighted by Crippen LogP contribution is -2.21. The summed E-state index contributed by atoms with van der Waals surface area (Å²) in [5.74, 6) is 1.57. The minimum Gasteiger partial charge on any atom is -0.496 e. The summed E-state index contributed by atoms with van der Waals surface area (Å²) in [6.07, 6.45) is 0. The third kappa shape index (κ3) is 5.00. The fraction of sp³-hybridized carbons (Fsp3) is 0.385. The number of H-pyrrole nitrogens is 1. The van der Waals surface area contributed by atoms with Gasteiger partial charge in [0.05, 0.1) is 7.11 Å². The van der Waals surface area contributed by atoms with Crippen molar-refractivity contribution in [3.63, 3.8) is 0 Å². The molecule has 0 fully saturated rings. The number of aromatic nitrogens is 4. The van der Waals surface area contributed by atoms with Crippen LogP contribution >= 0.6 is 11.3 Å². The van der Waals surface area contributed by atoms with E-state index in [-0.39, 0.29) is 22.7 Å². The van der Waals surface area contributed by atoms with Crippen molar-refractivity contribution in [2.45, 2.75) is 59.3 Å². The van der Waals surface area contributed by atoms with Gasteiger partial charge in [-0.2, -0.15) is 5.21 Å². The number of amides is 1. The zero-order valence-corrected chi connectivity index (χ0v) is 22.2. The van der Waals surface area contributed by atoms with Crippen LogP contribution < -0.4 is 14.8 Å². The summed E-state index contributed by atoms with van der Waals surface area (Å²) in [7, 11) is 1.63. The number of hydrogen-bond donors (Lipinski definition) is 2. The van der Waals surface area contributed by atoms with E-state index < -0.39 is 0 Å². The maximum absolute atomic E-state index is 13.2. The quantitative estimate of drug-likeness (QED) is 0.335. The van der Waals surface area contributed by atoms with E-state index in [2.05, 4.69) is 79.6 Å². The van der Waals surface area contributed by atoms with Crippen LogP contribution in [-0.2, 0) is 10.8 Å². The highest BCUT2D eigenvalue weighted by Crippen LogP contribution is 2.44. The van der Waals surface area contributed by atoms with Gasteiger partial charge in [0.2, 0.25) is 0 Å². The summed E-state index contributed by atoms with van der Waals surface area (Å²) >= 11 is 1.34. The molecule has 0 unspecified atom stereocenters. The number of hydrogen-bond acceptors (Lipinski definition) is 7. The van der Waals surface area contributed by atoms with Gasteiger partial charge in [-0.3, -0.25) is 10.1 Å². The first-order valence-electron chi connectivity index (χ1n) is 11.4. The molecule has 0 aliphatic carbocycles. The monoisotopic (exact) mass is 493 g/mol. The molecule has 4 rings (SSSR count). The molecule has 2 aromatic heterocycles. The summed E-state index contributed by atoms with van der Waals surface area (Å²) in [4.78, 5) is 13.6. The van der Waals surface area contributed by atoms with E-state index in [0.29, 0.717) is 16.4 Å². The van der Waals surface area contributed by atoms with Crippen molar-refractivity contribution in [1.82, 2.24) is 20.6 Å². The number of benzene rings is 2. The van der Waals surface area contributed by atoms with E-state index in [9.17, 15) is 4.79 Å². The molecule has 0 radical (unpaired) electrons. The number of aryl methyl sites for hydroxylation is 1. The van der Waals surface area contributed by atoms with Crippen LogP contribution in [0.3, 0.4) is 0 Å². The molecular weight excluding hydrogens is 462 g/mol. The molecule has 4 aromatic rings. The molecule has 35 heavy (non-hydrogen) atoms. The van der Waals surface area contributed by atoms with Crippen LogP contribution in [0, 0.1) is 6.92 Å². The summed E-state index contributed by atoms with van der Waals surface area (Å²) in [6, 6.07) is 10.1. The summed E-state index contributed by atoms with van der Waals surface area (Å²) in [6.45, 7) is 15.2. The second-order valence-corrected chi connectivity index (χ2v) is 11.6. The molecule has 0 saturated heterocycles. The Balaban J connectivity index is 1.85. The van der Waals surface area contributed by atoms with Gasteiger partial charge >= 0.3 is 0 Å². The predicted octanol–water partition coefficient (Wildman–Crippen LogP) is 6.37. The highest BCUT2D eigenvalue weighted by atomic mass is 32.1. The lowest BCUT2D eigenvalue weighted by Gasteiger charge is -2.30. The van der Waals surface area contributed by atoms with Gasteiger partial charge < -0.3 is 9.47 Å². The molecule has 2 heterocycles. The number of carbonyl (C=O) groups is 1. The molecule has 9 heteroatoms. The minimum absolute atomic E-state index is 0.0171. The summed E-state index contributed by atoms with van der Waals surface area (Å²) in [5, 5.41) is 17.0. The number of tetrazole rings is 1. The largest absolute Gasteiger partial charge is 0.496 e. The van der Waals surface area contributed by atoms with Gasteiger partial charge in [0.25, 0.3) is 11.9 Å². The van der Waals surface area contributed by atoms with Gasteiger partial charge in [0.15, 0.2) is 5.75 Å². The van der Waals surface area contributed by atoms with Crippen LogP contribution in [0.5, 0.6) is 17.2 Å². The van der Waals surface area contributed by atoms with Gasteiger partial charge in [-0.05, 0) is 63.9 Å². The normalized spacial score (nSPS) is 12.1. The third-order valence-electron chi connectivity index (χ3n) is 5.76. The Morgan fingerprint density at radius 3 is 2.34 bits per heavy atom. The van der Waals surface area contributed by atoms with Crippen LogP contribution in [0.4, 0.5) is 5.95 Å². The molecule has 0 bridgehead atoms. The van der Waals surface area contributed by atoms with Crippen molar-refractivity contribution < 1.29 is 14.3 Å². The van der Waals surface area contributed by atoms with Crippen LogP contribution in [0.2, 0.25) is 0 Å². The topological polar surface area (TPSA) is 102 Å². The number of carbonyl (C=O) groups excluding carboxylic acids is 1. The number of fused-ring (bicyclic) bond motifs is 1. The molecule has 0 saturated carbocycles. The van der Waals surface area contributed by atoms with Crippen LogP contribution in [0.25, 0.3) is 10.1 Å². The number of rotatable bonds is 5. The lowest BCUT2D eigenvalue weighted by molar-refractivity contribution is 0.102. The molecule has 2 aromatic carbocycles. The van der Waals surface area contributed by atoms with E-state index >= 15 is 0 Å². The Labute approximate surface area is 209 Å². The Bertz CT molecular complexity index is 1380. The second-order valence-electron chi connectivity index (χ2n) is 10.6. The fourth-order valence-electron chi connectivity index (χ4n) is 4.03. The van der Waals surface area contributed by atoms with Gasteiger partial charge in [-0.25, -0.2) is 0 Å². The van der Waals surface area contributed by atoms with Gasteiger partial charge in [-0.1, -0.05) is 52.7 Å². The zero-order valence-electron chi connectivity index (χ0n) is 21.4. The third-order valence-corrected chi connectivity index (χ3v) is 6.90. The van der Waals surface area contributed by atoms with Crippen LogP contribution in [0.15, 0.2) is 30.3 Å². The van der Waals surface area contributed by atoms with Crippen molar-refractivity contribution in [1.29, 1.82) is 0 Å². The van der Waals surface area contributed by atoms with Crippen molar-refractivity contribution in [2.24, 2.45) is 0 Å². The predicted molar refractivity (Wildman–Crippen MR) is 139 cm³/mol. The first kappa shape index (κ1) is 24.7. The van der Waals surface area contributed by atoms with Crippen molar-refractivity contribution in [3.8, 4) is 17.2 Å². The Morgan fingerprint density at radius 2 is 1.74 bits per heavy atom. The zero-order chi connectivity index (χ0) is 25.5. The van der Waals surface area contributed by atoms with Crippen molar-refractivity contribution in [3.05, 3.63) is 51.9 Å². The first-order valence-corrected chi connectivity index (χ1v) is 12.2. The number of methoxy groups -OCH3 is 1. The number of ether oxygens (including phenoxy) is 2. The smallest absolute Gasteiger partial charge is 0.272 e. The van der Waals surface area contributed by atoms with Crippen LogP contribution in [0.1, 0.15) is 67.9 Å². The highest BCUT2D eigenvalue weighted by Gasteiger charge is 2.27. The van der Waals surface area contributed by atoms with Crippen molar-refractivity contribution >= 4 is 33.3 Å². The minimum atomic E-state index is -0.374. The van der Waals surface area contributed by atoms with E-state index in [1.807, 2.05) is 25.1 Å². The van der Waals surface area contributed by atoms with Gasteiger partial charge in [0.1, 0.15) is 16.4 Å². The standard InChI is InChI=1S/C26H31N5O3S/c1-14-11-20-16(13-19(14)33-8)21(22(35-20)23(32)27-24-28-30-31-29-24)34-15-9-10-17(25(2,3)4)18(12-15)26(5,6)7/h9-13H,1-8H3,(H2,27,28,29,30,31,32). The number of thiophene rings is 1. The highest BCUT2D eigenvalue weighted by molar-refractivity contribution is 7.21. The van der Waals surface area contributed by atoms with E-state index in [1.165, 1.54) is 22.5 Å². The molecule has 0 aliphatic rings. The van der Waals surface area contributed by atoms with Crippen LogP contribution in [-0.4, -0.2) is 33.6 Å². The molecule has 184 valence electrons. The number of nitrogens with one attached hydrogen (secondary N) is 2. The number of aromatic amines is 1. The molecule has 2 N–H and O–H groups in total. The first-order chi connectivity index (χ1) is 16.4. The average Bonchev–Trinajstić information content (AvgIpc) is 3.39. The number of nitrogens with zero attached hydrogens (tertiary/aromatic N) is 3. The summed E-state index contributed by atoms with van der Waals surface area (Å²) in [5.41, 5.74) is 3.34. The summed E-state index contributed by atoms with van der Waals surface area (Å²) < 4.78 is 12.9. The van der Waals surface area contributed by atoms with E-state index in [4.69, 9.17) is 9.47 Å². The van der Waals surface area contributed by atoms with Gasteiger partial charge in [0, 0.05) is 10.1 Å². The number of anilines is 1. The maximum atomic E-state index is 13.2. The van der Waals surface area contributed by atoms with E-state index in [0.717, 1.165) is 21.4 Å². The molecule has 8 nitrogen and oxygen atoms in total. The maximum Gasteiger partial charge on any atom is 0.272 e. The molecule has 0 aliphatic heterocycles. The fourth-order valence-corrected chi connectivity index (χ4v) is 5.13. The van der Waals surface area contributed by atoms with Gasteiger partial charge in [-0.15, -0.1) is 16.4 Å². The van der Waals surface area contributed by atoms with Crippen molar-refractivity contribution in [2.75, 3.05) is 12.4 Å².